The van der Waals surface area contributed by atoms with Crippen molar-refractivity contribution in [3.05, 3.63) is 41.0 Å². The van der Waals surface area contributed by atoms with Crippen LogP contribution in [0.3, 0.4) is 0 Å². The molecule has 1 aliphatic heterocycles. The van der Waals surface area contributed by atoms with Gasteiger partial charge in [-0.15, -0.1) is 0 Å². The second kappa shape index (κ2) is 6.61. The molecule has 0 bridgehead atoms. The van der Waals surface area contributed by atoms with E-state index in [9.17, 15) is 5.11 Å². The first kappa shape index (κ1) is 17.1. The van der Waals surface area contributed by atoms with Crippen molar-refractivity contribution in [1.29, 1.82) is 0 Å². The molecule has 1 aromatic heterocycles. The van der Waals surface area contributed by atoms with E-state index in [0.717, 1.165) is 36.5 Å². The molecule has 5 heteroatoms. The highest BCUT2D eigenvalue weighted by molar-refractivity contribution is 6.30. The van der Waals surface area contributed by atoms with Crippen molar-refractivity contribution in [1.82, 2.24) is 9.88 Å². The summed E-state index contributed by atoms with van der Waals surface area (Å²) < 4.78 is 5.80. The molecular weight excluding hydrogens is 324 g/mol. The number of fused-ring (bicyclic) bond motifs is 1. The van der Waals surface area contributed by atoms with Crippen molar-refractivity contribution in [2.45, 2.75) is 27.3 Å². The molecule has 1 N–H and O–H groups in total. The van der Waals surface area contributed by atoms with E-state index in [4.69, 9.17) is 16.3 Å². The number of rotatable bonds is 2. The maximum absolute atomic E-state index is 10.4. The summed E-state index contributed by atoms with van der Waals surface area (Å²) in [7, 11) is 0. The predicted octanol–water partition coefficient (Wildman–Crippen LogP) is 4.35. The van der Waals surface area contributed by atoms with Crippen molar-refractivity contribution >= 4 is 11.6 Å². The molecule has 4 nitrogen and oxygen atoms in total. The Kier molecular flexibility index (Phi) is 4.70. The highest BCUT2D eigenvalue weighted by atomic mass is 35.5. The van der Waals surface area contributed by atoms with Gasteiger partial charge in [-0.25, -0.2) is 0 Å². The third-order valence-corrected chi connectivity index (χ3v) is 4.14. The van der Waals surface area contributed by atoms with E-state index in [1.807, 2.05) is 12.1 Å². The molecule has 0 saturated heterocycles. The molecule has 0 saturated carbocycles. The third-order valence-electron chi connectivity index (χ3n) is 3.92. The van der Waals surface area contributed by atoms with Crippen LogP contribution in [0, 0.1) is 5.41 Å². The number of aromatic hydroxyl groups is 1. The molecular formula is C19H23ClN2O2. The summed E-state index contributed by atoms with van der Waals surface area (Å²) in [5.74, 6) is 0.751. The lowest BCUT2D eigenvalue weighted by atomic mass is 9.95. The number of phenols is 1. The summed E-state index contributed by atoms with van der Waals surface area (Å²) in [5, 5.41) is 11.0. The van der Waals surface area contributed by atoms with Gasteiger partial charge in [0.25, 0.3) is 0 Å². The molecule has 24 heavy (non-hydrogen) atoms. The SMILES string of the molecule is CC(C)(C)CN1CCOc2c(O)cc(-c3ccc(Cl)cn3)cc2C1. The van der Waals surface area contributed by atoms with Gasteiger partial charge in [0, 0.05) is 37.0 Å². The van der Waals surface area contributed by atoms with Crippen LogP contribution in [0.25, 0.3) is 11.3 Å². The van der Waals surface area contributed by atoms with Gasteiger partial charge in [0.15, 0.2) is 11.5 Å². The van der Waals surface area contributed by atoms with Gasteiger partial charge in [-0.05, 0) is 29.7 Å². The fourth-order valence-electron chi connectivity index (χ4n) is 3.05. The Morgan fingerprint density at radius 3 is 2.75 bits per heavy atom. The molecule has 0 radical (unpaired) electrons. The van der Waals surface area contributed by atoms with Gasteiger partial charge in [-0.3, -0.25) is 9.88 Å². The van der Waals surface area contributed by atoms with E-state index >= 15 is 0 Å². The Bertz CT molecular complexity index is 723. The lowest BCUT2D eigenvalue weighted by molar-refractivity contribution is 0.168. The van der Waals surface area contributed by atoms with Crippen LogP contribution in [-0.4, -0.2) is 34.7 Å². The summed E-state index contributed by atoms with van der Waals surface area (Å²) in [6.07, 6.45) is 1.61. The molecule has 1 aliphatic rings. The number of halogens is 1. The van der Waals surface area contributed by atoms with Crippen molar-refractivity contribution in [2.75, 3.05) is 19.7 Å². The van der Waals surface area contributed by atoms with Crippen molar-refractivity contribution in [3.8, 4) is 22.8 Å². The topological polar surface area (TPSA) is 45.6 Å². The monoisotopic (exact) mass is 346 g/mol. The van der Waals surface area contributed by atoms with E-state index in [2.05, 4.69) is 30.7 Å². The molecule has 128 valence electrons. The molecule has 3 rings (SSSR count). The second-order valence-electron chi connectivity index (χ2n) is 7.47. The van der Waals surface area contributed by atoms with Gasteiger partial charge in [0.05, 0.1) is 10.7 Å². The first-order valence-corrected chi connectivity index (χ1v) is 8.53. The number of phenolic OH excluding ortho intramolecular Hbond substituents is 1. The van der Waals surface area contributed by atoms with Gasteiger partial charge in [-0.2, -0.15) is 0 Å². The minimum atomic E-state index is 0.164. The molecule has 2 heterocycles. The Morgan fingerprint density at radius 2 is 2.08 bits per heavy atom. The van der Waals surface area contributed by atoms with Crippen LogP contribution in [-0.2, 0) is 6.54 Å². The highest BCUT2D eigenvalue weighted by Crippen LogP contribution is 2.37. The fourth-order valence-corrected chi connectivity index (χ4v) is 3.17. The zero-order chi connectivity index (χ0) is 17.3. The van der Waals surface area contributed by atoms with Crippen LogP contribution in [0.2, 0.25) is 5.02 Å². The molecule has 2 aromatic rings. The average Bonchev–Trinajstić information content (AvgIpc) is 2.68. The Morgan fingerprint density at radius 1 is 1.29 bits per heavy atom. The summed E-state index contributed by atoms with van der Waals surface area (Å²) in [6, 6.07) is 7.41. The largest absolute Gasteiger partial charge is 0.504 e. The van der Waals surface area contributed by atoms with E-state index < -0.39 is 0 Å². The van der Waals surface area contributed by atoms with Gasteiger partial charge < -0.3 is 9.84 Å². The molecule has 0 spiro atoms. The second-order valence-corrected chi connectivity index (χ2v) is 7.90. The zero-order valence-electron chi connectivity index (χ0n) is 14.3. The average molecular weight is 347 g/mol. The third kappa shape index (κ3) is 4.00. The maximum Gasteiger partial charge on any atom is 0.165 e. The molecule has 0 amide bonds. The van der Waals surface area contributed by atoms with Gasteiger partial charge in [-0.1, -0.05) is 32.4 Å². The smallest absolute Gasteiger partial charge is 0.165 e. The van der Waals surface area contributed by atoms with Crippen molar-refractivity contribution in [2.24, 2.45) is 5.41 Å². The quantitative estimate of drug-likeness (QED) is 0.878. The minimum Gasteiger partial charge on any atom is -0.504 e. The first-order valence-electron chi connectivity index (χ1n) is 8.15. The Balaban J connectivity index is 1.94. The van der Waals surface area contributed by atoms with E-state index in [1.54, 1.807) is 18.3 Å². The fraction of sp³-hybridized carbons (Fsp3) is 0.421. The van der Waals surface area contributed by atoms with Crippen molar-refractivity contribution in [3.63, 3.8) is 0 Å². The van der Waals surface area contributed by atoms with Gasteiger partial charge >= 0.3 is 0 Å². The maximum atomic E-state index is 10.4. The van der Waals surface area contributed by atoms with E-state index in [1.165, 1.54) is 0 Å². The Labute approximate surface area is 148 Å². The Hall–Kier alpha value is -1.78. The summed E-state index contributed by atoms with van der Waals surface area (Å²) in [5.41, 5.74) is 2.85. The molecule has 0 fully saturated rings. The van der Waals surface area contributed by atoms with Crippen molar-refractivity contribution < 1.29 is 9.84 Å². The summed E-state index contributed by atoms with van der Waals surface area (Å²) >= 11 is 5.91. The minimum absolute atomic E-state index is 0.164. The normalized spacial score (nSPS) is 15.5. The lowest BCUT2D eigenvalue weighted by Crippen LogP contribution is -2.33. The van der Waals surface area contributed by atoms with Crippen LogP contribution in [0.15, 0.2) is 30.5 Å². The van der Waals surface area contributed by atoms with Gasteiger partial charge in [0.2, 0.25) is 0 Å². The highest BCUT2D eigenvalue weighted by Gasteiger charge is 2.23. The number of pyridine rings is 1. The lowest BCUT2D eigenvalue weighted by Gasteiger charge is -2.28. The first-order chi connectivity index (χ1) is 11.3. The van der Waals surface area contributed by atoms with E-state index in [-0.39, 0.29) is 11.2 Å². The molecule has 0 atom stereocenters. The number of benzene rings is 1. The van der Waals surface area contributed by atoms with Crippen LogP contribution in [0.5, 0.6) is 11.5 Å². The zero-order valence-corrected chi connectivity index (χ0v) is 15.1. The predicted molar refractivity (Wildman–Crippen MR) is 96.6 cm³/mol. The number of hydrogen-bond acceptors (Lipinski definition) is 4. The number of aromatic nitrogens is 1. The number of hydrogen-bond donors (Lipinski definition) is 1. The van der Waals surface area contributed by atoms with Gasteiger partial charge in [0.1, 0.15) is 6.61 Å². The van der Waals surface area contributed by atoms with Crippen LogP contribution in [0.1, 0.15) is 26.3 Å². The standard InChI is InChI=1S/C19H23ClN2O2/c1-19(2,3)12-22-6-7-24-18-14(11-22)8-13(9-17(18)23)16-5-4-15(20)10-21-16/h4-5,8-10,23H,6-7,11-12H2,1-3H3. The molecule has 0 unspecified atom stereocenters. The van der Waals surface area contributed by atoms with Crippen LogP contribution < -0.4 is 4.74 Å². The van der Waals surface area contributed by atoms with Crippen LogP contribution in [0.4, 0.5) is 0 Å². The number of nitrogens with zero attached hydrogens (tertiary/aromatic N) is 2. The van der Waals surface area contributed by atoms with Crippen LogP contribution >= 0.6 is 11.6 Å². The van der Waals surface area contributed by atoms with E-state index in [0.29, 0.717) is 17.4 Å². The summed E-state index contributed by atoms with van der Waals surface area (Å²) in [6.45, 7) is 9.83. The molecule has 1 aromatic carbocycles. The summed E-state index contributed by atoms with van der Waals surface area (Å²) in [4.78, 5) is 6.71. The number of ether oxygens (including phenoxy) is 1. The molecule has 0 aliphatic carbocycles.